The van der Waals surface area contributed by atoms with Crippen molar-refractivity contribution in [3.05, 3.63) is 76.3 Å². The molecule has 1 N–H and O–H groups in total. The molecule has 126 valence electrons. The highest BCUT2D eigenvalue weighted by molar-refractivity contribution is 6.32. The molecule has 2 aromatic carbocycles. The highest BCUT2D eigenvalue weighted by Gasteiger charge is 2.37. The molecule has 2 aliphatic heterocycles. The van der Waals surface area contributed by atoms with Gasteiger partial charge >= 0.3 is 0 Å². The highest BCUT2D eigenvalue weighted by Crippen LogP contribution is 2.44. The maximum Gasteiger partial charge on any atom is 0.260 e. The molecule has 5 heteroatoms. The van der Waals surface area contributed by atoms with Crippen LogP contribution in [0.1, 0.15) is 25.0 Å². The molecule has 0 unspecified atom stereocenters. The Morgan fingerprint density at radius 3 is 2.56 bits per heavy atom. The van der Waals surface area contributed by atoms with Gasteiger partial charge in [-0.05, 0) is 55.8 Å². The predicted molar refractivity (Wildman–Crippen MR) is 96.5 cm³/mol. The van der Waals surface area contributed by atoms with Crippen molar-refractivity contribution >= 4 is 34.3 Å². The quantitative estimate of drug-likeness (QED) is 0.728. The number of anilines is 1. The van der Waals surface area contributed by atoms with Crippen LogP contribution in [0.4, 0.5) is 10.1 Å². The third-order valence-electron chi connectivity index (χ3n) is 4.42. The summed E-state index contributed by atoms with van der Waals surface area (Å²) in [6.45, 7) is 3.89. The van der Waals surface area contributed by atoms with E-state index in [1.54, 1.807) is 6.07 Å². The summed E-state index contributed by atoms with van der Waals surface area (Å²) in [5.74, 6) is -0.201. The monoisotopic (exact) mass is 355 g/mol. The number of allylic oxidation sites excluding steroid dienone is 1. The van der Waals surface area contributed by atoms with E-state index < -0.39 is 11.4 Å². The number of benzene rings is 2. The molecule has 2 heterocycles. The predicted octanol–water partition coefficient (Wildman–Crippen LogP) is 5.03. The Kier molecular flexibility index (Phi) is 3.48. The molecule has 0 bridgehead atoms. The van der Waals surface area contributed by atoms with E-state index >= 15 is 0 Å². The Hall–Kier alpha value is -2.59. The van der Waals surface area contributed by atoms with Gasteiger partial charge in [0.25, 0.3) is 5.91 Å². The van der Waals surface area contributed by atoms with Crippen LogP contribution >= 0.6 is 11.6 Å². The minimum atomic E-state index is -0.598. The van der Waals surface area contributed by atoms with Crippen molar-refractivity contribution in [2.45, 2.75) is 19.4 Å². The summed E-state index contributed by atoms with van der Waals surface area (Å²) < 4.78 is 19.5. The number of fused-ring (bicyclic) bond motifs is 1. The molecule has 3 nitrogen and oxygen atoms in total. The van der Waals surface area contributed by atoms with Crippen molar-refractivity contribution in [3.63, 3.8) is 0 Å². The van der Waals surface area contributed by atoms with Gasteiger partial charge < -0.3 is 10.1 Å². The molecule has 2 aliphatic rings. The molecule has 0 aliphatic carbocycles. The first kappa shape index (κ1) is 15.9. The van der Waals surface area contributed by atoms with Gasteiger partial charge in [-0.15, -0.1) is 0 Å². The number of hydrogen-bond donors (Lipinski definition) is 1. The minimum absolute atomic E-state index is 0.292. The van der Waals surface area contributed by atoms with Crippen molar-refractivity contribution in [2.75, 3.05) is 5.32 Å². The SMILES string of the molecule is CC1(C)O/C(=C2/C(=O)Nc3cc(F)ccc32)C=C1c1ccc(Cl)cc1. The fourth-order valence-electron chi connectivity index (χ4n) is 3.24. The molecule has 1 amide bonds. The van der Waals surface area contributed by atoms with E-state index in [-0.39, 0.29) is 5.91 Å². The summed E-state index contributed by atoms with van der Waals surface area (Å²) in [6.07, 6.45) is 1.87. The van der Waals surface area contributed by atoms with Crippen molar-refractivity contribution in [1.82, 2.24) is 0 Å². The van der Waals surface area contributed by atoms with Crippen molar-refractivity contribution in [3.8, 4) is 0 Å². The molecule has 25 heavy (non-hydrogen) atoms. The molecule has 0 saturated heterocycles. The number of nitrogens with one attached hydrogen (secondary N) is 1. The molecule has 0 aromatic heterocycles. The lowest BCUT2D eigenvalue weighted by molar-refractivity contribution is -0.111. The standard InChI is InChI=1S/C20H15ClFNO2/c1-20(2)15(11-3-5-12(21)6-4-11)10-17(25-20)18-14-8-7-13(22)9-16(14)23-19(18)24/h3-10H,1-2H3,(H,23,24)/b18-17+. The zero-order valence-electron chi connectivity index (χ0n) is 13.7. The zero-order valence-corrected chi connectivity index (χ0v) is 14.4. The second kappa shape index (κ2) is 5.46. The first-order valence-corrected chi connectivity index (χ1v) is 8.26. The topological polar surface area (TPSA) is 38.3 Å². The molecule has 0 atom stereocenters. The first-order chi connectivity index (χ1) is 11.8. The largest absolute Gasteiger partial charge is 0.482 e. The van der Waals surface area contributed by atoms with E-state index in [1.165, 1.54) is 12.1 Å². The van der Waals surface area contributed by atoms with Gasteiger partial charge in [0.1, 0.15) is 17.2 Å². The van der Waals surface area contributed by atoms with Crippen molar-refractivity contribution in [1.29, 1.82) is 0 Å². The molecular weight excluding hydrogens is 341 g/mol. The molecule has 0 spiro atoms. The van der Waals surface area contributed by atoms with E-state index in [9.17, 15) is 9.18 Å². The summed E-state index contributed by atoms with van der Waals surface area (Å²) in [5, 5.41) is 3.35. The fourth-order valence-corrected chi connectivity index (χ4v) is 3.36. The summed E-state index contributed by atoms with van der Waals surface area (Å²) in [5.41, 5.74) is 2.86. The fraction of sp³-hybridized carbons (Fsp3) is 0.150. The molecule has 0 fully saturated rings. The second-order valence-corrected chi connectivity index (χ2v) is 7.00. The highest BCUT2D eigenvalue weighted by atomic mass is 35.5. The van der Waals surface area contributed by atoms with E-state index in [0.717, 1.165) is 11.1 Å². The van der Waals surface area contributed by atoms with E-state index in [1.807, 2.05) is 44.2 Å². The van der Waals surface area contributed by atoms with Gasteiger partial charge in [0.05, 0.1) is 11.3 Å². The van der Waals surface area contributed by atoms with E-state index in [4.69, 9.17) is 16.3 Å². The van der Waals surface area contributed by atoms with Crippen LogP contribution in [-0.2, 0) is 9.53 Å². The Bertz CT molecular complexity index is 958. The van der Waals surface area contributed by atoms with Crippen LogP contribution in [0.3, 0.4) is 0 Å². The maximum absolute atomic E-state index is 13.4. The average molecular weight is 356 g/mol. The Morgan fingerprint density at radius 1 is 1.12 bits per heavy atom. The van der Waals surface area contributed by atoms with E-state index in [0.29, 0.717) is 27.6 Å². The minimum Gasteiger partial charge on any atom is -0.482 e. The Morgan fingerprint density at radius 2 is 1.84 bits per heavy atom. The van der Waals surface area contributed by atoms with Gasteiger partial charge in [0.2, 0.25) is 0 Å². The summed E-state index contributed by atoms with van der Waals surface area (Å²) >= 11 is 5.97. The van der Waals surface area contributed by atoms with Gasteiger partial charge in [-0.3, -0.25) is 4.79 Å². The molecule has 4 rings (SSSR count). The van der Waals surface area contributed by atoms with Gasteiger partial charge in [-0.25, -0.2) is 4.39 Å². The summed E-state index contributed by atoms with van der Waals surface area (Å²) in [4.78, 5) is 12.4. The van der Waals surface area contributed by atoms with Crippen LogP contribution in [0.25, 0.3) is 11.1 Å². The molecule has 0 radical (unpaired) electrons. The number of hydrogen-bond acceptors (Lipinski definition) is 2. The smallest absolute Gasteiger partial charge is 0.260 e. The van der Waals surface area contributed by atoms with Crippen LogP contribution in [0.2, 0.25) is 5.02 Å². The molecule has 0 saturated carbocycles. The van der Waals surface area contributed by atoms with Gasteiger partial charge in [0, 0.05) is 16.2 Å². The van der Waals surface area contributed by atoms with Crippen LogP contribution < -0.4 is 5.32 Å². The van der Waals surface area contributed by atoms with Crippen LogP contribution in [0.15, 0.2) is 54.3 Å². The van der Waals surface area contributed by atoms with E-state index in [2.05, 4.69) is 5.32 Å². The lowest BCUT2D eigenvalue weighted by Crippen LogP contribution is -2.21. The second-order valence-electron chi connectivity index (χ2n) is 6.56. The number of rotatable bonds is 1. The third kappa shape index (κ3) is 2.63. The number of carbonyl (C=O) groups is 1. The van der Waals surface area contributed by atoms with Crippen molar-refractivity contribution < 1.29 is 13.9 Å². The Balaban J connectivity index is 1.86. The number of amides is 1. The normalized spacial score (nSPS) is 20.8. The maximum atomic E-state index is 13.4. The summed E-state index contributed by atoms with van der Waals surface area (Å²) in [7, 11) is 0. The molecular formula is C20H15ClFNO2. The van der Waals surface area contributed by atoms with Gasteiger partial charge in [0.15, 0.2) is 0 Å². The lowest BCUT2D eigenvalue weighted by Gasteiger charge is -2.23. The lowest BCUT2D eigenvalue weighted by atomic mass is 9.92. The first-order valence-electron chi connectivity index (χ1n) is 7.88. The third-order valence-corrected chi connectivity index (χ3v) is 4.67. The zero-order chi connectivity index (χ0) is 17.8. The van der Waals surface area contributed by atoms with Crippen LogP contribution in [-0.4, -0.2) is 11.5 Å². The van der Waals surface area contributed by atoms with Gasteiger partial charge in [-0.2, -0.15) is 0 Å². The number of halogens is 2. The Labute approximate surface area is 149 Å². The summed E-state index contributed by atoms with van der Waals surface area (Å²) in [6, 6.07) is 11.7. The number of ether oxygens (including phenoxy) is 1. The molecule has 2 aromatic rings. The van der Waals surface area contributed by atoms with Crippen LogP contribution in [0, 0.1) is 5.82 Å². The van der Waals surface area contributed by atoms with Crippen molar-refractivity contribution in [2.24, 2.45) is 0 Å². The van der Waals surface area contributed by atoms with Gasteiger partial charge in [-0.1, -0.05) is 23.7 Å². The van der Waals surface area contributed by atoms with Crippen LogP contribution in [0.5, 0.6) is 0 Å². The number of carbonyl (C=O) groups excluding carboxylic acids is 1. The average Bonchev–Trinajstić information content (AvgIpc) is 3.03.